The summed E-state index contributed by atoms with van der Waals surface area (Å²) in [5, 5.41) is 10.2. The Hall–Kier alpha value is -3.24. The van der Waals surface area contributed by atoms with Crippen molar-refractivity contribution in [1.82, 2.24) is 4.90 Å². The predicted molar refractivity (Wildman–Crippen MR) is 118 cm³/mol. The van der Waals surface area contributed by atoms with Gasteiger partial charge in [-0.3, -0.25) is 24.1 Å². The SMILES string of the molecule is CCN(CC(=O)Nc1ccc(NC(C)=O)cc1)C(C)C(=O)Nc1sccc1C(N)=O. The van der Waals surface area contributed by atoms with E-state index in [4.69, 9.17) is 5.73 Å². The van der Waals surface area contributed by atoms with Gasteiger partial charge >= 0.3 is 0 Å². The number of likely N-dealkylation sites (N-methyl/N-ethyl adjacent to an activating group) is 1. The van der Waals surface area contributed by atoms with Crippen molar-refractivity contribution in [1.29, 1.82) is 0 Å². The lowest BCUT2D eigenvalue weighted by Crippen LogP contribution is -2.45. The first-order chi connectivity index (χ1) is 14.2. The molecule has 160 valence electrons. The van der Waals surface area contributed by atoms with Crippen molar-refractivity contribution in [2.45, 2.75) is 26.8 Å². The van der Waals surface area contributed by atoms with E-state index in [1.165, 1.54) is 18.3 Å². The second-order valence-electron chi connectivity index (χ2n) is 6.56. The number of benzene rings is 1. The quantitative estimate of drug-likeness (QED) is 0.482. The number of rotatable bonds is 9. The molecule has 30 heavy (non-hydrogen) atoms. The summed E-state index contributed by atoms with van der Waals surface area (Å²) >= 11 is 1.21. The number of carbonyl (C=O) groups is 4. The zero-order valence-electron chi connectivity index (χ0n) is 17.0. The Balaban J connectivity index is 1.95. The summed E-state index contributed by atoms with van der Waals surface area (Å²) in [7, 11) is 0. The highest BCUT2D eigenvalue weighted by Gasteiger charge is 2.24. The first kappa shape index (κ1) is 23.0. The Kier molecular flexibility index (Phi) is 8.07. The van der Waals surface area contributed by atoms with Gasteiger partial charge in [-0.15, -0.1) is 11.3 Å². The van der Waals surface area contributed by atoms with Crippen molar-refractivity contribution >= 4 is 51.3 Å². The normalized spacial score (nSPS) is 11.6. The minimum absolute atomic E-state index is 0.00561. The predicted octanol–water partition coefficient (Wildman–Crippen LogP) is 2.09. The number of carbonyl (C=O) groups excluding carboxylic acids is 4. The Bertz CT molecular complexity index is 926. The lowest BCUT2D eigenvalue weighted by atomic mass is 10.2. The van der Waals surface area contributed by atoms with Gasteiger partial charge in [-0.1, -0.05) is 6.92 Å². The van der Waals surface area contributed by atoms with E-state index >= 15 is 0 Å². The van der Waals surface area contributed by atoms with Gasteiger partial charge in [0.05, 0.1) is 18.2 Å². The molecule has 1 atom stereocenters. The number of hydrogen-bond acceptors (Lipinski definition) is 6. The first-order valence-corrected chi connectivity index (χ1v) is 10.2. The molecule has 5 N–H and O–H groups in total. The summed E-state index contributed by atoms with van der Waals surface area (Å²) in [4.78, 5) is 49.2. The molecule has 4 amide bonds. The molecule has 2 rings (SSSR count). The van der Waals surface area contributed by atoms with Gasteiger partial charge in [-0.25, -0.2) is 0 Å². The van der Waals surface area contributed by atoms with E-state index < -0.39 is 11.9 Å². The number of primary amides is 1. The van der Waals surface area contributed by atoms with Crippen LogP contribution >= 0.6 is 11.3 Å². The highest BCUT2D eigenvalue weighted by atomic mass is 32.1. The van der Waals surface area contributed by atoms with Crippen LogP contribution in [-0.2, 0) is 14.4 Å². The third-order valence-corrected chi connectivity index (χ3v) is 5.17. The third kappa shape index (κ3) is 6.39. The maximum absolute atomic E-state index is 12.6. The van der Waals surface area contributed by atoms with Crippen LogP contribution in [0, 0.1) is 0 Å². The fraction of sp³-hybridized carbons (Fsp3) is 0.300. The van der Waals surface area contributed by atoms with Crippen LogP contribution in [0.2, 0.25) is 0 Å². The van der Waals surface area contributed by atoms with Crippen LogP contribution < -0.4 is 21.7 Å². The fourth-order valence-electron chi connectivity index (χ4n) is 2.73. The Morgan fingerprint density at radius 3 is 2.17 bits per heavy atom. The number of nitrogens with zero attached hydrogens (tertiary/aromatic N) is 1. The van der Waals surface area contributed by atoms with E-state index in [0.29, 0.717) is 22.9 Å². The first-order valence-electron chi connectivity index (χ1n) is 9.31. The summed E-state index contributed by atoms with van der Waals surface area (Å²) in [6.07, 6.45) is 0. The summed E-state index contributed by atoms with van der Waals surface area (Å²) < 4.78 is 0. The average molecular weight is 432 g/mol. The molecule has 0 fully saturated rings. The largest absolute Gasteiger partial charge is 0.366 e. The molecule has 0 aliphatic rings. The lowest BCUT2D eigenvalue weighted by Gasteiger charge is -2.26. The van der Waals surface area contributed by atoms with Crippen LogP contribution in [0.4, 0.5) is 16.4 Å². The number of amides is 4. The van der Waals surface area contributed by atoms with Crippen molar-refractivity contribution in [3.05, 3.63) is 41.3 Å². The molecular weight excluding hydrogens is 406 g/mol. The third-order valence-electron chi connectivity index (χ3n) is 4.34. The molecular formula is C20H25N5O4S. The average Bonchev–Trinajstić information content (AvgIpc) is 3.15. The number of hydrogen-bond donors (Lipinski definition) is 4. The minimum Gasteiger partial charge on any atom is -0.366 e. The van der Waals surface area contributed by atoms with Gasteiger partial charge in [0.2, 0.25) is 17.7 Å². The standard InChI is InChI=1S/C20H25N5O4S/c1-4-25(12(2)19(29)24-20-16(18(21)28)9-10-30-20)11-17(27)23-15-7-5-14(6-8-15)22-13(3)26/h5-10,12H,4,11H2,1-3H3,(H2,21,28)(H,22,26)(H,23,27)(H,24,29). The van der Waals surface area contributed by atoms with Crippen LogP contribution in [0.5, 0.6) is 0 Å². The molecule has 0 saturated heterocycles. The maximum Gasteiger partial charge on any atom is 0.251 e. The molecule has 1 aromatic heterocycles. The molecule has 1 aromatic carbocycles. The molecule has 0 aliphatic carbocycles. The molecule has 0 aliphatic heterocycles. The van der Waals surface area contributed by atoms with Crippen LogP contribution in [0.1, 0.15) is 31.1 Å². The monoisotopic (exact) mass is 431 g/mol. The number of thiophene rings is 1. The van der Waals surface area contributed by atoms with Gasteiger partial charge in [-0.05, 0) is 49.2 Å². The number of anilines is 3. The zero-order valence-corrected chi connectivity index (χ0v) is 17.8. The van der Waals surface area contributed by atoms with E-state index in [2.05, 4.69) is 16.0 Å². The lowest BCUT2D eigenvalue weighted by molar-refractivity contribution is -0.123. The van der Waals surface area contributed by atoms with Crippen molar-refractivity contribution in [2.24, 2.45) is 5.73 Å². The topological polar surface area (TPSA) is 134 Å². The molecule has 0 radical (unpaired) electrons. The minimum atomic E-state index is -0.615. The zero-order chi connectivity index (χ0) is 22.3. The Morgan fingerprint density at radius 2 is 1.63 bits per heavy atom. The smallest absolute Gasteiger partial charge is 0.251 e. The summed E-state index contributed by atoms with van der Waals surface area (Å²) in [5.41, 5.74) is 6.76. The van der Waals surface area contributed by atoms with Gasteiger partial charge < -0.3 is 21.7 Å². The molecule has 0 saturated carbocycles. The molecule has 9 nitrogen and oxygen atoms in total. The Morgan fingerprint density at radius 1 is 1.03 bits per heavy atom. The molecule has 0 spiro atoms. The fourth-order valence-corrected chi connectivity index (χ4v) is 3.53. The highest BCUT2D eigenvalue weighted by molar-refractivity contribution is 7.14. The second-order valence-corrected chi connectivity index (χ2v) is 7.48. The van der Waals surface area contributed by atoms with Gasteiger partial charge in [-0.2, -0.15) is 0 Å². The van der Waals surface area contributed by atoms with Gasteiger partial charge in [0.25, 0.3) is 5.91 Å². The van der Waals surface area contributed by atoms with E-state index in [-0.39, 0.29) is 29.8 Å². The molecule has 1 heterocycles. The van der Waals surface area contributed by atoms with E-state index in [0.717, 1.165) is 0 Å². The Labute approximate surface area is 178 Å². The van der Waals surface area contributed by atoms with Crippen molar-refractivity contribution in [2.75, 3.05) is 29.0 Å². The van der Waals surface area contributed by atoms with Gasteiger partial charge in [0, 0.05) is 18.3 Å². The van der Waals surface area contributed by atoms with Crippen LogP contribution in [0.15, 0.2) is 35.7 Å². The van der Waals surface area contributed by atoms with Gasteiger partial charge in [0.1, 0.15) is 5.00 Å². The van der Waals surface area contributed by atoms with Crippen LogP contribution in [0.25, 0.3) is 0 Å². The molecule has 2 aromatic rings. The van der Waals surface area contributed by atoms with Crippen LogP contribution in [-0.4, -0.2) is 47.7 Å². The van der Waals surface area contributed by atoms with Crippen molar-refractivity contribution in [3.8, 4) is 0 Å². The summed E-state index contributed by atoms with van der Waals surface area (Å²) in [6, 6.07) is 7.67. The maximum atomic E-state index is 12.6. The van der Waals surface area contributed by atoms with E-state index in [1.54, 1.807) is 47.5 Å². The van der Waals surface area contributed by atoms with Crippen LogP contribution in [0.3, 0.4) is 0 Å². The van der Waals surface area contributed by atoms with Gasteiger partial charge in [0.15, 0.2) is 0 Å². The number of nitrogens with one attached hydrogen (secondary N) is 3. The van der Waals surface area contributed by atoms with Crippen molar-refractivity contribution in [3.63, 3.8) is 0 Å². The molecule has 10 heteroatoms. The molecule has 1 unspecified atom stereocenters. The summed E-state index contributed by atoms with van der Waals surface area (Å²) in [5.74, 6) is -1.41. The second kappa shape index (κ2) is 10.5. The number of nitrogens with two attached hydrogens (primary N) is 1. The highest BCUT2D eigenvalue weighted by Crippen LogP contribution is 2.23. The molecule has 0 bridgehead atoms. The van der Waals surface area contributed by atoms with E-state index in [1.807, 2.05) is 6.92 Å². The van der Waals surface area contributed by atoms with Crippen molar-refractivity contribution < 1.29 is 19.2 Å². The summed E-state index contributed by atoms with van der Waals surface area (Å²) in [6.45, 7) is 5.42. The van der Waals surface area contributed by atoms with E-state index in [9.17, 15) is 19.2 Å².